The van der Waals surface area contributed by atoms with E-state index in [1.54, 1.807) is 70.2 Å². The lowest BCUT2D eigenvalue weighted by molar-refractivity contribution is -0.207. The van der Waals surface area contributed by atoms with Crippen molar-refractivity contribution in [3.63, 3.8) is 0 Å². The maximum atomic E-state index is 14.5. The molecule has 0 saturated heterocycles. The number of esters is 5. The lowest BCUT2D eigenvalue weighted by atomic mass is 9.74. The predicted molar refractivity (Wildman–Crippen MR) is 166 cm³/mol. The van der Waals surface area contributed by atoms with Crippen LogP contribution in [0.1, 0.15) is 79.1 Å². The van der Waals surface area contributed by atoms with E-state index in [-0.39, 0.29) is 17.6 Å². The maximum absolute atomic E-state index is 14.5. The Balaban J connectivity index is 2.42. The van der Waals surface area contributed by atoms with Crippen LogP contribution in [-0.4, -0.2) is 76.4 Å². The number of fused-ring (bicyclic) bond motifs is 1. The molecule has 1 aromatic carbocycles. The van der Waals surface area contributed by atoms with Crippen molar-refractivity contribution in [2.45, 2.75) is 104 Å². The molecule has 0 radical (unpaired) electrons. The molecule has 47 heavy (non-hydrogen) atoms. The molecule has 2 aliphatic rings. The third kappa shape index (κ3) is 8.34. The van der Waals surface area contributed by atoms with Crippen LogP contribution in [0.25, 0.3) is 0 Å². The van der Waals surface area contributed by atoms with E-state index < -0.39 is 88.5 Å². The number of allylic oxidation sites excluding steroid dienone is 1. The van der Waals surface area contributed by atoms with Gasteiger partial charge in [-0.3, -0.25) is 24.0 Å². The first-order valence-corrected chi connectivity index (χ1v) is 15.4. The number of ketones is 1. The molecule has 0 amide bonds. The van der Waals surface area contributed by atoms with Gasteiger partial charge in [0.25, 0.3) is 0 Å². The minimum Gasteiger partial charge on any atom is -0.458 e. The van der Waals surface area contributed by atoms with E-state index >= 15 is 0 Å². The fraction of sp³-hybridized carbons (Fsp3) is 0.543. The quantitative estimate of drug-likeness (QED) is 0.267. The molecule has 1 saturated carbocycles. The summed E-state index contributed by atoms with van der Waals surface area (Å²) in [6.45, 7) is 12.3. The molecule has 0 bridgehead atoms. The minimum absolute atomic E-state index is 0.0673. The Labute approximate surface area is 274 Å². The van der Waals surface area contributed by atoms with Crippen LogP contribution < -0.4 is 0 Å². The highest BCUT2D eigenvalue weighted by molar-refractivity contribution is 5.97. The van der Waals surface area contributed by atoms with E-state index in [0.29, 0.717) is 0 Å². The van der Waals surface area contributed by atoms with Gasteiger partial charge in [-0.2, -0.15) is 0 Å². The Kier molecular flexibility index (Phi) is 11.2. The van der Waals surface area contributed by atoms with Gasteiger partial charge in [0.15, 0.2) is 29.7 Å². The predicted octanol–water partition coefficient (Wildman–Crippen LogP) is 3.83. The van der Waals surface area contributed by atoms with Gasteiger partial charge in [-0.15, -0.1) is 0 Å². The third-order valence-corrected chi connectivity index (χ3v) is 8.33. The fourth-order valence-corrected chi connectivity index (χ4v) is 6.32. The zero-order valence-electron chi connectivity index (χ0n) is 28.2. The highest BCUT2D eigenvalue weighted by Crippen LogP contribution is 2.48. The van der Waals surface area contributed by atoms with E-state index in [2.05, 4.69) is 0 Å². The second-order valence-corrected chi connectivity index (χ2v) is 13.1. The summed E-state index contributed by atoms with van der Waals surface area (Å²) in [4.78, 5) is 77.9. The van der Waals surface area contributed by atoms with E-state index in [4.69, 9.17) is 23.7 Å². The summed E-state index contributed by atoms with van der Waals surface area (Å²) >= 11 is 0. The molecule has 0 spiro atoms. The molecule has 12 heteroatoms. The molecular weight excluding hydrogens is 612 g/mol. The first-order chi connectivity index (χ1) is 21.7. The number of carbonyl (C=O) groups is 6. The van der Waals surface area contributed by atoms with Gasteiger partial charge in [-0.25, -0.2) is 4.79 Å². The number of aliphatic hydroxyl groups is 1. The Morgan fingerprint density at radius 2 is 1.34 bits per heavy atom. The van der Waals surface area contributed by atoms with Crippen LogP contribution in [0.5, 0.6) is 0 Å². The normalized spacial score (nSPS) is 32.0. The molecule has 8 atom stereocenters. The number of ether oxygens (including phenoxy) is 5. The van der Waals surface area contributed by atoms with Crippen LogP contribution in [0.3, 0.4) is 0 Å². The molecule has 0 aromatic heterocycles. The Hall–Kier alpha value is -4.32. The van der Waals surface area contributed by atoms with Crippen LogP contribution in [0.4, 0.5) is 0 Å². The van der Waals surface area contributed by atoms with Crippen molar-refractivity contribution in [1.82, 2.24) is 0 Å². The van der Waals surface area contributed by atoms with Crippen molar-refractivity contribution < 1.29 is 57.6 Å². The van der Waals surface area contributed by atoms with Gasteiger partial charge in [-0.1, -0.05) is 58.0 Å². The highest BCUT2D eigenvalue weighted by atomic mass is 16.6. The molecule has 3 rings (SSSR count). The third-order valence-electron chi connectivity index (χ3n) is 8.33. The van der Waals surface area contributed by atoms with Crippen LogP contribution in [0.2, 0.25) is 0 Å². The summed E-state index contributed by atoms with van der Waals surface area (Å²) in [7, 11) is 0. The molecule has 1 aromatic rings. The topological polar surface area (TPSA) is 169 Å². The summed E-state index contributed by atoms with van der Waals surface area (Å²) in [5.74, 6) is -6.12. The number of rotatable bonds is 6. The number of hydrogen-bond acceptors (Lipinski definition) is 12. The monoisotopic (exact) mass is 656 g/mol. The standard InChI is InChI=1S/C35H44O12/c1-19-15-16-33(7,8)30(44-22(4)37)28(43-21(3)36)31(45-23(5)38)34(9,42)18-26-27(46-32(41)25-13-11-10-12-14-25)20(2)17-35(26,29(19)40)47-24(6)39/h10-16,18-20,27-28,30-31,42H,17H2,1-9H3. The zero-order chi connectivity index (χ0) is 35.5. The number of benzene rings is 1. The average molecular weight is 657 g/mol. The molecule has 8 unspecified atom stereocenters. The van der Waals surface area contributed by atoms with Gasteiger partial charge in [0.05, 0.1) is 5.56 Å². The van der Waals surface area contributed by atoms with Crippen LogP contribution >= 0.6 is 0 Å². The Bertz CT molecular complexity index is 1460. The van der Waals surface area contributed by atoms with E-state index in [0.717, 1.165) is 33.8 Å². The van der Waals surface area contributed by atoms with Gasteiger partial charge in [0.1, 0.15) is 11.7 Å². The van der Waals surface area contributed by atoms with Gasteiger partial charge in [0, 0.05) is 56.9 Å². The Morgan fingerprint density at radius 3 is 1.87 bits per heavy atom. The van der Waals surface area contributed by atoms with Crippen LogP contribution in [-0.2, 0) is 47.7 Å². The van der Waals surface area contributed by atoms with Gasteiger partial charge in [-0.05, 0) is 25.1 Å². The van der Waals surface area contributed by atoms with Gasteiger partial charge >= 0.3 is 29.8 Å². The van der Waals surface area contributed by atoms with Crippen molar-refractivity contribution in [2.24, 2.45) is 17.3 Å². The molecule has 12 nitrogen and oxygen atoms in total. The second kappa shape index (κ2) is 14.2. The molecule has 0 aliphatic heterocycles. The number of hydrogen-bond donors (Lipinski definition) is 1. The summed E-state index contributed by atoms with van der Waals surface area (Å²) in [5.41, 5.74) is -5.38. The van der Waals surface area contributed by atoms with Crippen LogP contribution in [0, 0.1) is 17.3 Å². The smallest absolute Gasteiger partial charge is 0.338 e. The van der Waals surface area contributed by atoms with Crippen LogP contribution in [0.15, 0.2) is 54.1 Å². The first-order valence-electron chi connectivity index (χ1n) is 15.4. The van der Waals surface area contributed by atoms with Crippen molar-refractivity contribution in [3.8, 4) is 0 Å². The molecule has 2 aliphatic carbocycles. The lowest BCUT2D eigenvalue weighted by Crippen LogP contribution is -2.59. The summed E-state index contributed by atoms with van der Waals surface area (Å²) in [6, 6.07) is 8.11. The van der Waals surface area contributed by atoms with Gasteiger partial charge < -0.3 is 28.8 Å². The summed E-state index contributed by atoms with van der Waals surface area (Å²) < 4.78 is 28.8. The van der Waals surface area contributed by atoms with Crippen molar-refractivity contribution in [3.05, 3.63) is 59.7 Å². The molecule has 256 valence electrons. The van der Waals surface area contributed by atoms with Crippen molar-refractivity contribution in [1.29, 1.82) is 0 Å². The van der Waals surface area contributed by atoms with Crippen molar-refractivity contribution >= 4 is 35.6 Å². The number of carbonyl (C=O) groups excluding carboxylic acids is 6. The van der Waals surface area contributed by atoms with Crippen molar-refractivity contribution in [2.75, 3.05) is 0 Å². The Morgan fingerprint density at radius 1 is 0.787 bits per heavy atom. The first kappa shape index (κ1) is 37.1. The molecule has 0 heterocycles. The lowest BCUT2D eigenvalue weighted by Gasteiger charge is -2.43. The molecule has 1 N–H and O–H groups in total. The van der Waals surface area contributed by atoms with E-state index in [9.17, 15) is 33.9 Å². The summed E-state index contributed by atoms with van der Waals surface area (Å²) in [5, 5.41) is 12.3. The highest BCUT2D eigenvalue weighted by Gasteiger charge is 2.60. The van der Waals surface area contributed by atoms with E-state index in [1.165, 1.54) is 6.92 Å². The SMILES string of the molecule is CC(=O)OC1C(OC(C)=O)C(C)(C)C=CC(C)C(=O)C2(OC(C)=O)CC(C)C(OC(=O)c3ccccc3)C2=CC(C)(O)C1OC(C)=O. The second-order valence-electron chi connectivity index (χ2n) is 13.1. The largest absolute Gasteiger partial charge is 0.458 e. The summed E-state index contributed by atoms with van der Waals surface area (Å²) in [6.07, 6.45) is -1.73. The zero-order valence-corrected chi connectivity index (χ0v) is 28.2. The van der Waals surface area contributed by atoms with E-state index in [1.807, 2.05) is 0 Å². The minimum atomic E-state index is -2.32. The average Bonchev–Trinajstić information content (AvgIpc) is 3.20. The maximum Gasteiger partial charge on any atom is 0.338 e. The van der Waals surface area contributed by atoms with Gasteiger partial charge in [0.2, 0.25) is 0 Å². The fourth-order valence-electron chi connectivity index (χ4n) is 6.32. The molecular formula is C35H44O12. The number of Topliss-reactive ketones (excluding diaryl/α,β-unsaturated/α-hetero) is 1. The molecule has 1 fully saturated rings.